The third kappa shape index (κ3) is 4.12. The van der Waals surface area contributed by atoms with Gasteiger partial charge in [-0.15, -0.1) is 12.4 Å². The van der Waals surface area contributed by atoms with E-state index in [9.17, 15) is 4.79 Å². The molecular formula is C15H23ClN2O2. The SMILES string of the molecule is COc1ccc(NC(=O)[C@H]2CCN[C@@H](C)C2)c(C)c1.Cl. The number of rotatable bonds is 3. The Labute approximate surface area is 126 Å². The average Bonchev–Trinajstić information content (AvgIpc) is 2.41. The molecule has 2 atom stereocenters. The molecule has 0 aliphatic carbocycles. The van der Waals surface area contributed by atoms with Crippen molar-refractivity contribution in [3.8, 4) is 5.75 Å². The molecule has 1 heterocycles. The Kier molecular flexibility index (Phi) is 6.30. The Balaban J connectivity index is 0.00000200. The lowest BCUT2D eigenvalue weighted by atomic mass is 9.92. The van der Waals surface area contributed by atoms with Crippen molar-refractivity contribution >= 4 is 24.0 Å². The van der Waals surface area contributed by atoms with E-state index in [0.717, 1.165) is 36.4 Å². The average molecular weight is 299 g/mol. The molecule has 0 unspecified atom stereocenters. The molecular weight excluding hydrogens is 276 g/mol. The van der Waals surface area contributed by atoms with E-state index >= 15 is 0 Å². The molecule has 5 heteroatoms. The Bertz CT molecular complexity index is 465. The fraction of sp³-hybridized carbons (Fsp3) is 0.533. The second-order valence-electron chi connectivity index (χ2n) is 5.25. The van der Waals surface area contributed by atoms with Gasteiger partial charge < -0.3 is 15.4 Å². The van der Waals surface area contributed by atoms with Crippen LogP contribution in [0.5, 0.6) is 5.75 Å². The number of benzene rings is 1. The Hall–Kier alpha value is -1.26. The summed E-state index contributed by atoms with van der Waals surface area (Å²) in [6.07, 6.45) is 1.81. The number of hydrogen-bond acceptors (Lipinski definition) is 3. The van der Waals surface area contributed by atoms with E-state index in [0.29, 0.717) is 6.04 Å². The van der Waals surface area contributed by atoms with Crippen molar-refractivity contribution < 1.29 is 9.53 Å². The quantitative estimate of drug-likeness (QED) is 0.902. The lowest BCUT2D eigenvalue weighted by molar-refractivity contribution is -0.120. The zero-order valence-electron chi connectivity index (χ0n) is 12.2. The van der Waals surface area contributed by atoms with Crippen LogP contribution >= 0.6 is 12.4 Å². The number of amides is 1. The monoisotopic (exact) mass is 298 g/mol. The van der Waals surface area contributed by atoms with Crippen LogP contribution in [0.25, 0.3) is 0 Å². The predicted molar refractivity (Wildman–Crippen MR) is 83.8 cm³/mol. The molecule has 0 bridgehead atoms. The largest absolute Gasteiger partial charge is 0.497 e. The number of halogens is 1. The van der Waals surface area contributed by atoms with Crippen LogP contribution in [-0.2, 0) is 4.79 Å². The number of aryl methyl sites for hydroxylation is 1. The lowest BCUT2D eigenvalue weighted by Crippen LogP contribution is -2.40. The predicted octanol–water partition coefficient (Wildman–Crippen LogP) is 2.75. The van der Waals surface area contributed by atoms with Crippen molar-refractivity contribution in [3.63, 3.8) is 0 Å². The van der Waals surface area contributed by atoms with Gasteiger partial charge in [-0.2, -0.15) is 0 Å². The molecule has 1 aromatic carbocycles. The molecule has 0 aromatic heterocycles. The molecule has 1 aliphatic rings. The lowest BCUT2D eigenvalue weighted by Gasteiger charge is -2.27. The van der Waals surface area contributed by atoms with Crippen molar-refractivity contribution in [3.05, 3.63) is 23.8 Å². The Morgan fingerprint density at radius 3 is 2.80 bits per heavy atom. The molecule has 20 heavy (non-hydrogen) atoms. The van der Waals surface area contributed by atoms with E-state index in [2.05, 4.69) is 17.6 Å². The number of piperidine rings is 1. The van der Waals surface area contributed by atoms with E-state index in [4.69, 9.17) is 4.74 Å². The van der Waals surface area contributed by atoms with Crippen molar-refractivity contribution in [2.24, 2.45) is 5.92 Å². The number of carbonyl (C=O) groups is 1. The van der Waals surface area contributed by atoms with E-state index in [1.54, 1.807) is 7.11 Å². The zero-order chi connectivity index (χ0) is 13.8. The van der Waals surface area contributed by atoms with E-state index in [1.165, 1.54) is 0 Å². The summed E-state index contributed by atoms with van der Waals surface area (Å²) in [6.45, 7) is 5.02. The van der Waals surface area contributed by atoms with Crippen molar-refractivity contribution in [2.45, 2.75) is 32.7 Å². The van der Waals surface area contributed by atoms with Gasteiger partial charge in [0.15, 0.2) is 0 Å². The van der Waals surface area contributed by atoms with Gasteiger partial charge in [0.2, 0.25) is 5.91 Å². The van der Waals surface area contributed by atoms with Gasteiger partial charge in [0.1, 0.15) is 5.75 Å². The van der Waals surface area contributed by atoms with Crippen LogP contribution in [0.15, 0.2) is 18.2 Å². The molecule has 0 radical (unpaired) electrons. The van der Waals surface area contributed by atoms with Crippen LogP contribution < -0.4 is 15.4 Å². The summed E-state index contributed by atoms with van der Waals surface area (Å²) < 4.78 is 5.16. The molecule has 1 amide bonds. The first-order valence-electron chi connectivity index (χ1n) is 6.79. The molecule has 1 aliphatic heterocycles. The number of methoxy groups -OCH3 is 1. The minimum absolute atomic E-state index is 0. The van der Waals surface area contributed by atoms with Gasteiger partial charge >= 0.3 is 0 Å². The van der Waals surface area contributed by atoms with Crippen LogP contribution in [-0.4, -0.2) is 25.6 Å². The highest BCUT2D eigenvalue weighted by molar-refractivity contribution is 5.93. The first kappa shape index (κ1) is 16.8. The van der Waals surface area contributed by atoms with Crippen molar-refractivity contribution in [1.29, 1.82) is 0 Å². The normalized spacial score (nSPS) is 21.8. The first-order valence-corrected chi connectivity index (χ1v) is 6.79. The highest BCUT2D eigenvalue weighted by atomic mass is 35.5. The van der Waals surface area contributed by atoms with Gasteiger partial charge in [0.25, 0.3) is 0 Å². The van der Waals surface area contributed by atoms with Gasteiger partial charge in [-0.25, -0.2) is 0 Å². The number of ether oxygens (including phenoxy) is 1. The fourth-order valence-corrected chi connectivity index (χ4v) is 2.51. The summed E-state index contributed by atoms with van der Waals surface area (Å²) in [7, 11) is 1.64. The first-order chi connectivity index (χ1) is 9.10. The van der Waals surface area contributed by atoms with Crippen LogP contribution in [0.2, 0.25) is 0 Å². The summed E-state index contributed by atoms with van der Waals surface area (Å²) in [5.41, 5.74) is 1.90. The van der Waals surface area contributed by atoms with Gasteiger partial charge in [-0.05, 0) is 57.0 Å². The third-order valence-electron chi connectivity index (χ3n) is 3.69. The topological polar surface area (TPSA) is 50.4 Å². The minimum Gasteiger partial charge on any atom is -0.497 e. The third-order valence-corrected chi connectivity index (χ3v) is 3.69. The summed E-state index contributed by atoms with van der Waals surface area (Å²) in [6, 6.07) is 6.12. The minimum atomic E-state index is 0. The number of hydrogen-bond donors (Lipinski definition) is 2. The molecule has 1 saturated heterocycles. The Morgan fingerprint density at radius 1 is 1.45 bits per heavy atom. The molecule has 1 aromatic rings. The van der Waals surface area contributed by atoms with Gasteiger partial charge in [0.05, 0.1) is 7.11 Å². The highest BCUT2D eigenvalue weighted by Crippen LogP contribution is 2.23. The van der Waals surface area contributed by atoms with E-state index in [1.807, 2.05) is 25.1 Å². The standard InChI is InChI=1S/C15H22N2O2.ClH/c1-10-8-13(19-3)4-5-14(10)17-15(18)12-6-7-16-11(2)9-12;/h4-5,8,11-12,16H,6-7,9H2,1-3H3,(H,17,18);1H/t11-,12-;/m0./s1. The van der Waals surface area contributed by atoms with Crippen molar-refractivity contribution in [2.75, 3.05) is 19.0 Å². The summed E-state index contributed by atoms with van der Waals surface area (Å²) in [4.78, 5) is 12.2. The summed E-state index contributed by atoms with van der Waals surface area (Å²) >= 11 is 0. The maximum absolute atomic E-state index is 12.2. The number of carbonyl (C=O) groups excluding carboxylic acids is 1. The van der Waals surface area contributed by atoms with Crippen molar-refractivity contribution in [1.82, 2.24) is 5.32 Å². The van der Waals surface area contributed by atoms with E-state index < -0.39 is 0 Å². The van der Waals surface area contributed by atoms with Crippen LogP contribution in [0.4, 0.5) is 5.69 Å². The molecule has 1 fully saturated rings. The number of nitrogens with one attached hydrogen (secondary N) is 2. The summed E-state index contributed by atoms with van der Waals surface area (Å²) in [5.74, 6) is 1.05. The van der Waals surface area contributed by atoms with Gasteiger partial charge in [-0.1, -0.05) is 0 Å². The maximum Gasteiger partial charge on any atom is 0.227 e. The van der Waals surface area contributed by atoms with Crippen LogP contribution in [0.3, 0.4) is 0 Å². The summed E-state index contributed by atoms with van der Waals surface area (Å²) in [5, 5.41) is 6.39. The number of anilines is 1. The molecule has 2 rings (SSSR count). The second kappa shape index (κ2) is 7.50. The second-order valence-corrected chi connectivity index (χ2v) is 5.25. The molecule has 4 nitrogen and oxygen atoms in total. The van der Waals surface area contributed by atoms with Crippen LogP contribution in [0.1, 0.15) is 25.3 Å². The Morgan fingerprint density at radius 2 is 2.20 bits per heavy atom. The highest BCUT2D eigenvalue weighted by Gasteiger charge is 2.24. The molecule has 112 valence electrons. The fourth-order valence-electron chi connectivity index (χ4n) is 2.51. The molecule has 0 saturated carbocycles. The zero-order valence-corrected chi connectivity index (χ0v) is 13.0. The smallest absolute Gasteiger partial charge is 0.227 e. The molecule has 2 N–H and O–H groups in total. The van der Waals surface area contributed by atoms with E-state index in [-0.39, 0.29) is 24.2 Å². The van der Waals surface area contributed by atoms with Gasteiger partial charge in [-0.3, -0.25) is 4.79 Å². The van der Waals surface area contributed by atoms with Gasteiger partial charge in [0, 0.05) is 17.6 Å². The molecule has 0 spiro atoms. The maximum atomic E-state index is 12.2. The van der Waals surface area contributed by atoms with Crippen LogP contribution in [0, 0.1) is 12.8 Å².